The van der Waals surface area contributed by atoms with E-state index in [-0.39, 0.29) is 17.6 Å². The van der Waals surface area contributed by atoms with Crippen LogP contribution in [-0.4, -0.2) is 42.2 Å². The van der Waals surface area contributed by atoms with E-state index in [0.29, 0.717) is 12.1 Å². The van der Waals surface area contributed by atoms with Gasteiger partial charge in [0.05, 0.1) is 17.3 Å². The maximum atomic E-state index is 12.7. The second-order valence-electron chi connectivity index (χ2n) is 11.3. The van der Waals surface area contributed by atoms with Crippen molar-refractivity contribution in [3.8, 4) is 11.1 Å². The van der Waals surface area contributed by atoms with Crippen molar-refractivity contribution >= 4 is 38.7 Å². The second-order valence-corrected chi connectivity index (χ2v) is 13.0. The van der Waals surface area contributed by atoms with Crippen LogP contribution in [0.4, 0.5) is 10.5 Å². The summed E-state index contributed by atoms with van der Waals surface area (Å²) >= 11 is 0. The highest BCUT2D eigenvalue weighted by Crippen LogP contribution is 2.27. The average molecular weight is 602 g/mol. The summed E-state index contributed by atoms with van der Waals surface area (Å²) < 4.78 is 27.5. The van der Waals surface area contributed by atoms with E-state index in [1.54, 1.807) is 18.2 Å². The minimum absolute atomic E-state index is 0.176. The molecule has 1 saturated carbocycles. The number of unbranched alkanes of at least 4 members (excludes halogenated alkanes) is 1. The van der Waals surface area contributed by atoms with Crippen LogP contribution in [-0.2, 0) is 23.0 Å². The molecule has 4 aromatic rings. The molecule has 0 spiro atoms. The topological polar surface area (TPSA) is 122 Å². The highest BCUT2D eigenvalue weighted by atomic mass is 32.2. The number of carbonyl (C=O) groups excluding carboxylic acids is 2. The highest BCUT2D eigenvalue weighted by Gasteiger charge is 2.18. The number of imidazole rings is 1. The maximum Gasteiger partial charge on any atom is 0.319 e. The molecular weight excluding hydrogens is 562 g/mol. The van der Waals surface area contributed by atoms with E-state index in [0.717, 1.165) is 84.9 Å². The molecule has 10 heteroatoms. The molecule has 9 nitrogen and oxygen atoms in total. The Labute approximate surface area is 253 Å². The smallest absolute Gasteiger partial charge is 0.319 e. The fourth-order valence-corrected chi connectivity index (χ4v) is 6.13. The first-order valence-corrected chi connectivity index (χ1v) is 16.9. The average Bonchev–Trinajstić information content (AvgIpc) is 3.32. The van der Waals surface area contributed by atoms with Gasteiger partial charge in [-0.15, -0.1) is 0 Å². The van der Waals surface area contributed by atoms with Crippen LogP contribution in [0.5, 0.6) is 0 Å². The molecule has 0 saturated heterocycles. The summed E-state index contributed by atoms with van der Waals surface area (Å²) in [6.45, 7) is 2.75. The number of amides is 3. The van der Waals surface area contributed by atoms with E-state index in [2.05, 4.69) is 26.8 Å². The van der Waals surface area contributed by atoms with Crippen LogP contribution >= 0.6 is 0 Å². The Balaban J connectivity index is 1.39. The van der Waals surface area contributed by atoms with Gasteiger partial charge in [-0.1, -0.05) is 75.1 Å². The van der Waals surface area contributed by atoms with Gasteiger partial charge in [0.15, 0.2) is 0 Å². The third kappa shape index (κ3) is 7.81. The van der Waals surface area contributed by atoms with Crippen LogP contribution in [0, 0.1) is 0 Å². The number of hydrogen-bond donors (Lipinski definition) is 3. The van der Waals surface area contributed by atoms with E-state index in [1.165, 1.54) is 6.42 Å². The Kier molecular flexibility index (Phi) is 9.45. The third-order valence-corrected chi connectivity index (χ3v) is 8.39. The van der Waals surface area contributed by atoms with E-state index >= 15 is 0 Å². The predicted molar refractivity (Wildman–Crippen MR) is 171 cm³/mol. The molecule has 1 heterocycles. The lowest BCUT2D eigenvalue weighted by Gasteiger charge is -2.22. The highest BCUT2D eigenvalue weighted by molar-refractivity contribution is 7.89. The molecule has 43 heavy (non-hydrogen) atoms. The van der Waals surface area contributed by atoms with E-state index in [1.807, 2.05) is 48.5 Å². The first-order chi connectivity index (χ1) is 20.7. The molecule has 0 unspecified atom stereocenters. The van der Waals surface area contributed by atoms with E-state index in [9.17, 15) is 18.0 Å². The number of nitrogens with zero attached hydrogens (tertiary/aromatic N) is 2. The molecular formula is C33H39N5O4S. The summed E-state index contributed by atoms with van der Waals surface area (Å²) in [5, 5.41) is 6.13. The molecule has 1 aliphatic carbocycles. The standard InChI is InChI=1S/C33H39N5O4S/c1-3-4-14-31-36-29-20-19-26(35-33(40)34-25-10-6-5-7-11-25)21-30(29)38(31)22-23-15-17-24(18-16-23)27-12-8-9-13-28(27)32(39)37-43(2,41)42/h8-9,12-13,15-21,25H,3-7,10-11,14,22H2,1-2H3,(H,37,39)(H2,34,35,40). The Morgan fingerprint density at radius 3 is 2.44 bits per heavy atom. The number of rotatable bonds is 10. The van der Waals surface area contributed by atoms with Crippen molar-refractivity contribution < 1.29 is 18.0 Å². The molecule has 1 aromatic heterocycles. The number of anilines is 1. The largest absolute Gasteiger partial charge is 0.335 e. The quantitative estimate of drug-likeness (QED) is 0.199. The van der Waals surface area contributed by atoms with Crippen LogP contribution < -0.4 is 15.4 Å². The fraction of sp³-hybridized carbons (Fsp3) is 0.364. The normalized spacial score (nSPS) is 14.0. The van der Waals surface area contributed by atoms with Gasteiger partial charge in [-0.2, -0.15) is 0 Å². The van der Waals surface area contributed by atoms with Gasteiger partial charge >= 0.3 is 6.03 Å². The summed E-state index contributed by atoms with van der Waals surface area (Å²) in [5.74, 6) is 0.331. The molecule has 0 bridgehead atoms. The minimum Gasteiger partial charge on any atom is -0.335 e. The van der Waals surface area contributed by atoms with Gasteiger partial charge in [0, 0.05) is 30.3 Å². The Bertz CT molecular complexity index is 1710. The first kappa shape index (κ1) is 30.3. The number of benzene rings is 3. The summed E-state index contributed by atoms with van der Waals surface area (Å²) in [4.78, 5) is 30.3. The number of aryl methyl sites for hydroxylation is 1. The SMILES string of the molecule is CCCCc1nc2ccc(NC(=O)NC3CCCCC3)cc2n1Cc1ccc(-c2ccccc2C(=O)NS(C)(=O)=O)cc1. The monoisotopic (exact) mass is 601 g/mol. The van der Waals surface area contributed by atoms with Gasteiger partial charge in [-0.05, 0) is 60.2 Å². The van der Waals surface area contributed by atoms with Crippen molar-refractivity contribution in [1.29, 1.82) is 0 Å². The molecule has 1 aliphatic rings. The third-order valence-electron chi connectivity index (χ3n) is 7.83. The van der Waals surface area contributed by atoms with Crippen molar-refractivity contribution in [2.24, 2.45) is 0 Å². The molecule has 0 radical (unpaired) electrons. The predicted octanol–water partition coefficient (Wildman–Crippen LogP) is 6.24. The summed E-state index contributed by atoms with van der Waals surface area (Å²) in [5.41, 5.74) is 5.35. The van der Waals surface area contributed by atoms with Crippen LogP contribution in [0.15, 0.2) is 66.7 Å². The maximum absolute atomic E-state index is 12.7. The lowest BCUT2D eigenvalue weighted by Crippen LogP contribution is -2.39. The van der Waals surface area contributed by atoms with Crippen molar-refractivity contribution in [1.82, 2.24) is 19.6 Å². The van der Waals surface area contributed by atoms with Gasteiger partial charge in [0.2, 0.25) is 10.0 Å². The van der Waals surface area contributed by atoms with Crippen LogP contribution in [0.25, 0.3) is 22.2 Å². The number of aromatic nitrogens is 2. The molecule has 3 amide bonds. The minimum atomic E-state index is -3.69. The fourth-order valence-electron chi connectivity index (χ4n) is 5.68. The van der Waals surface area contributed by atoms with Crippen LogP contribution in [0.2, 0.25) is 0 Å². The van der Waals surface area contributed by atoms with Crippen LogP contribution in [0.3, 0.4) is 0 Å². The molecule has 5 rings (SSSR count). The summed E-state index contributed by atoms with van der Waals surface area (Å²) in [6, 6.07) is 20.7. The van der Waals surface area contributed by atoms with Gasteiger partial charge < -0.3 is 15.2 Å². The number of fused-ring (bicyclic) bond motifs is 1. The van der Waals surface area contributed by atoms with Crippen LogP contribution in [0.1, 0.15) is 73.6 Å². The zero-order chi connectivity index (χ0) is 30.4. The number of urea groups is 1. The zero-order valence-electron chi connectivity index (χ0n) is 24.7. The van der Waals surface area contributed by atoms with Gasteiger partial charge in [0.25, 0.3) is 5.91 Å². The molecule has 3 aromatic carbocycles. The first-order valence-electron chi connectivity index (χ1n) is 15.0. The van der Waals surface area contributed by atoms with Gasteiger partial charge in [-0.3, -0.25) is 4.79 Å². The summed E-state index contributed by atoms with van der Waals surface area (Å²) in [6.07, 6.45) is 9.47. The molecule has 0 aliphatic heterocycles. The molecule has 1 fully saturated rings. The van der Waals surface area contributed by atoms with Crippen molar-refractivity contribution in [2.45, 2.75) is 70.9 Å². The lowest BCUT2D eigenvalue weighted by atomic mass is 9.96. The van der Waals surface area contributed by atoms with Crippen molar-refractivity contribution in [3.05, 3.63) is 83.7 Å². The second kappa shape index (κ2) is 13.4. The number of nitrogens with one attached hydrogen (secondary N) is 3. The number of hydrogen-bond acceptors (Lipinski definition) is 5. The summed E-state index contributed by atoms with van der Waals surface area (Å²) in [7, 11) is -3.69. The van der Waals surface area contributed by atoms with Gasteiger partial charge in [0.1, 0.15) is 5.82 Å². The molecule has 226 valence electrons. The van der Waals surface area contributed by atoms with E-state index in [4.69, 9.17) is 4.98 Å². The zero-order valence-corrected chi connectivity index (χ0v) is 25.5. The number of carbonyl (C=O) groups is 2. The Hall–Kier alpha value is -4.18. The Morgan fingerprint density at radius 2 is 1.72 bits per heavy atom. The van der Waals surface area contributed by atoms with E-state index < -0.39 is 15.9 Å². The van der Waals surface area contributed by atoms with Gasteiger partial charge in [-0.25, -0.2) is 22.9 Å². The lowest BCUT2D eigenvalue weighted by molar-refractivity contribution is 0.0982. The molecule has 0 atom stereocenters. The van der Waals surface area contributed by atoms with Crippen molar-refractivity contribution in [3.63, 3.8) is 0 Å². The Morgan fingerprint density at radius 1 is 0.977 bits per heavy atom. The number of sulfonamides is 1. The van der Waals surface area contributed by atoms with Crippen molar-refractivity contribution in [2.75, 3.05) is 11.6 Å². The molecule has 3 N–H and O–H groups in total.